The van der Waals surface area contributed by atoms with Crippen molar-refractivity contribution in [3.8, 4) is 0 Å². The summed E-state index contributed by atoms with van der Waals surface area (Å²) in [5, 5.41) is 6.46. The van der Waals surface area contributed by atoms with E-state index in [1.54, 1.807) is 0 Å². The standard InChI is InChI=1S/C18H27N3O2.ClH/c1-13-11-21(12-14(2)23-13)17-6-4-3-5-16(17)20-18(22)15-7-9-19-10-8-15;/h3-6,13-15,19H,7-12H2,1-2H3,(H,20,22);1H. The number of nitrogens with zero attached hydrogens (tertiary/aromatic N) is 1. The quantitative estimate of drug-likeness (QED) is 0.877. The molecule has 2 atom stereocenters. The van der Waals surface area contributed by atoms with Gasteiger partial charge in [-0.25, -0.2) is 0 Å². The third-order valence-electron chi connectivity index (χ3n) is 4.63. The molecule has 5 nitrogen and oxygen atoms in total. The van der Waals surface area contributed by atoms with Gasteiger partial charge in [0.15, 0.2) is 0 Å². The Hall–Kier alpha value is -1.30. The highest BCUT2D eigenvalue weighted by Crippen LogP contribution is 2.29. The zero-order valence-electron chi connectivity index (χ0n) is 14.5. The molecule has 6 heteroatoms. The molecule has 134 valence electrons. The molecule has 3 rings (SSSR count). The van der Waals surface area contributed by atoms with Crippen LogP contribution in [0.5, 0.6) is 0 Å². The summed E-state index contributed by atoms with van der Waals surface area (Å²) in [5.41, 5.74) is 2.01. The molecule has 2 N–H and O–H groups in total. The lowest BCUT2D eigenvalue weighted by Gasteiger charge is -2.37. The van der Waals surface area contributed by atoms with Gasteiger partial charge in [-0.2, -0.15) is 0 Å². The van der Waals surface area contributed by atoms with Crippen LogP contribution in [0.25, 0.3) is 0 Å². The SMILES string of the molecule is CC1CN(c2ccccc2NC(=O)C2CCNCC2)CC(C)O1.Cl. The number of benzene rings is 1. The largest absolute Gasteiger partial charge is 0.372 e. The minimum atomic E-state index is 0. The normalized spacial score (nSPS) is 25.0. The highest BCUT2D eigenvalue weighted by atomic mass is 35.5. The summed E-state index contributed by atoms with van der Waals surface area (Å²) in [6.45, 7) is 7.75. The first-order valence-electron chi connectivity index (χ1n) is 8.64. The number of hydrogen-bond acceptors (Lipinski definition) is 4. The maximum absolute atomic E-state index is 12.5. The van der Waals surface area contributed by atoms with Gasteiger partial charge in [0, 0.05) is 19.0 Å². The summed E-state index contributed by atoms with van der Waals surface area (Å²) >= 11 is 0. The highest BCUT2D eigenvalue weighted by Gasteiger charge is 2.26. The topological polar surface area (TPSA) is 53.6 Å². The Balaban J connectivity index is 0.00000208. The van der Waals surface area contributed by atoms with Gasteiger partial charge in [-0.3, -0.25) is 4.79 Å². The van der Waals surface area contributed by atoms with Crippen LogP contribution in [0.3, 0.4) is 0 Å². The number of para-hydroxylation sites is 2. The van der Waals surface area contributed by atoms with Crippen molar-refractivity contribution >= 4 is 29.7 Å². The molecule has 0 saturated carbocycles. The van der Waals surface area contributed by atoms with Gasteiger partial charge in [-0.1, -0.05) is 12.1 Å². The van der Waals surface area contributed by atoms with Crippen molar-refractivity contribution in [2.75, 3.05) is 36.4 Å². The van der Waals surface area contributed by atoms with Crippen LogP contribution in [0.15, 0.2) is 24.3 Å². The van der Waals surface area contributed by atoms with Crippen molar-refractivity contribution in [2.24, 2.45) is 5.92 Å². The van der Waals surface area contributed by atoms with Crippen molar-refractivity contribution < 1.29 is 9.53 Å². The molecule has 0 aliphatic carbocycles. The van der Waals surface area contributed by atoms with Crippen LogP contribution in [0, 0.1) is 5.92 Å². The Labute approximate surface area is 150 Å². The summed E-state index contributed by atoms with van der Waals surface area (Å²) in [6, 6.07) is 8.09. The number of hydrogen-bond donors (Lipinski definition) is 2. The number of piperidine rings is 1. The predicted molar refractivity (Wildman–Crippen MR) is 100 cm³/mol. The first kappa shape index (κ1) is 19.0. The summed E-state index contributed by atoms with van der Waals surface area (Å²) in [4.78, 5) is 14.9. The first-order valence-corrected chi connectivity index (χ1v) is 8.64. The lowest BCUT2D eigenvalue weighted by molar-refractivity contribution is -0.120. The van der Waals surface area contributed by atoms with Crippen molar-refractivity contribution in [3.63, 3.8) is 0 Å². The molecular weight excluding hydrogens is 326 g/mol. The van der Waals surface area contributed by atoms with E-state index in [0.29, 0.717) is 0 Å². The van der Waals surface area contributed by atoms with Gasteiger partial charge in [-0.15, -0.1) is 12.4 Å². The maximum atomic E-state index is 12.5. The Morgan fingerprint density at radius 1 is 1.17 bits per heavy atom. The number of nitrogens with one attached hydrogen (secondary N) is 2. The second-order valence-electron chi connectivity index (χ2n) is 6.69. The van der Waals surface area contributed by atoms with Gasteiger partial charge < -0.3 is 20.3 Å². The predicted octanol–water partition coefficient (Wildman–Crippen LogP) is 2.66. The smallest absolute Gasteiger partial charge is 0.227 e. The van der Waals surface area contributed by atoms with Crippen LogP contribution in [0.2, 0.25) is 0 Å². The number of carbonyl (C=O) groups excluding carboxylic acids is 1. The van der Waals surface area contributed by atoms with Gasteiger partial charge in [0.2, 0.25) is 5.91 Å². The Morgan fingerprint density at radius 3 is 2.46 bits per heavy atom. The number of halogens is 1. The van der Waals surface area contributed by atoms with E-state index in [0.717, 1.165) is 50.4 Å². The fourth-order valence-corrected chi connectivity index (χ4v) is 3.55. The number of ether oxygens (including phenoxy) is 1. The van der Waals surface area contributed by atoms with E-state index in [1.165, 1.54) is 0 Å². The fourth-order valence-electron chi connectivity index (χ4n) is 3.55. The van der Waals surface area contributed by atoms with E-state index in [2.05, 4.69) is 35.4 Å². The van der Waals surface area contributed by atoms with Gasteiger partial charge in [-0.05, 0) is 51.9 Å². The average molecular weight is 354 g/mol. The number of anilines is 2. The number of morpholine rings is 1. The van der Waals surface area contributed by atoms with Crippen LogP contribution in [0.4, 0.5) is 11.4 Å². The van der Waals surface area contributed by atoms with Crippen LogP contribution in [-0.4, -0.2) is 44.3 Å². The van der Waals surface area contributed by atoms with E-state index >= 15 is 0 Å². The minimum Gasteiger partial charge on any atom is -0.372 e. The van der Waals surface area contributed by atoms with E-state index < -0.39 is 0 Å². The number of rotatable bonds is 3. The summed E-state index contributed by atoms with van der Waals surface area (Å²) in [5.74, 6) is 0.264. The van der Waals surface area contributed by atoms with Gasteiger partial charge in [0.05, 0.1) is 23.6 Å². The molecule has 2 unspecified atom stereocenters. The van der Waals surface area contributed by atoms with E-state index in [4.69, 9.17) is 4.74 Å². The minimum absolute atomic E-state index is 0. The van der Waals surface area contributed by atoms with E-state index in [-0.39, 0.29) is 36.4 Å². The monoisotopic (exact) mass is 353 g/mol. The van der Waals surface area contributed by atoms with Crippen LogP contribution in [0.1, 0.15) is 26.7 Å². The third kappa shape index (κ3) is 4.62. The second kappa shape index (κ2) is 8.70. The summed E-state index contributed by atoms with van der Waals surface area (Å²) in [7, 11) is 0. The average Bonchev–Trinajstić information content (AvgIpc) is 2.55. The Morgan fingerprint density at radius 2 is 1.79 bits per heavy atom. The van der Waals surface area contributed by atoms with Crippen LogP contribution < -0.4 is 15.5 Å². The van der Waals surface area contributed by atoms with Crippen molar-refractivity contribution in [1.82, 2.24) is 5.32 Å². The molecule has 1 aromatic rings. The zero-order chi connectivity index (χ0) is 16.2. The molecule has 2 aliphatic heterocycles. The third-order valence-corrected chi connectivity index (χ3v) is 4.63. The Kier molecular flexibility index (Phi) is 6.90. The molecule has 2 heterocycles. The fraction of sp³-hybridized carbons (Fsp3) is 0.611. The summed E-state index contributed by atoms with van der Waals surface area (Å²) < 4.78 is 5.82. The molecule has 1 aromatic carbocycles. The second-order valence-corrected chi connectivity index (χ2v) is 6.69. The first-order chi connectivity index (χ1) is 11.1. The maximum Gasteiger partial charge on any atom is 0.227 e. The zero-order valence-corrected chi connectivity index (χ0v) is 15.3. The molecule has 0 bridgehead atoms. The molecule has 24 heavy (non-hydrogen) atoms. The van der Waals surface area contributed by atoms with Gasteiger partial charge in [0.25, 0.3) is 0 Å². The van der Waals surface area contributed by atoms with Crippen LogP contribution in [-0.2, 0) is 9.53 Å². The summed E-state index contributed by atoms with van der Waals surface area (Å²) in [6.07, 6.45) is 2.23. The van der Waals surface area contributed by atoms with E-state index in [9.17, 15) is 4.79 Å². The molecule has 0 aromatic heterocycles. The molecule has 0 spiro atoms. The molecule has 1 amide bonds. The van der Waals surface area contributed by atoms with Crippen molar-refractivity contribution in [1.29, 1.82) is 0 Å². The Bertz CT molecular complexity index is 539. The lowest BCUT2D eigenvalue weighted by atomic mass is 9.97. The van der Waals surface area contributed by atoms with Crippen molar-refractivity contribution in [3.05, 3.63) is 24.3 Å². The van der Waals surface area contributed by atoms with Gasteiger partial charge in [0.1, 0.15) is 0 Å². The number of carbonyl (C=O) groups is 1. The molecule has 0 radical (unpaired) electrons. The molecule has 2 fully saturated rings. The number of amides is 1. The molecular formula is C18H28ClN3O2. The van der Waals surface area contributed by atoms with E-state index in [1.807, 2.05) is 18.2 Å². The van der Waals surface area contributed by atoms with Crippen LogP contribution >= 0.6 is 12.4 Å². The molecule has 2 aliphatic rings. The van der Waals surface area contributed by atoms with Gasteiger partial charge >= 0.3 is 0 Å². The van der Waals surface area contributed by atoms with Crippen molar-refractivity contribution in [2.45, 2.75) is 38.9 Å². The highest BCUT2D eigenvalue weighted by molar-refractivity contribution is 5.96. The molecule has 2 saturated heterocycles. The lowest BCUT2D eigenvalue weighted by Crippen LogP contribution is -2.45.